The van der Waals surface area contributed by atoms with Gasteiger partial charge in [-0.1, -0.05) is 17.7 Å². The number of amides is 1. The van der Waals surface area contributed by atoms with Crippen molar-refractivity contribution in [1.82, 2.24) is 15.6 Å². The average Bonchev–Trinajstić information content (AvgIpc) is 3.15. The van der Waals surface area contributed by atoms with E-state index in [1.54, 1.807) is 6.07 Å². The first-order valence-electron chi connectivity index (χ1n) is 8.14. The number of ether oxygens (including phenoxy) is 1. The van der Waals surface area contributed by atoms with Crippen LogP contribution >= 0.6 is 11.6 Å². The molecule has 0 aliphatic heterocycles. The monoisotopic (exact) mass is 386 g/mol. The number of nitrogens with one attached hydrogen (secondary N) is 2. The van der Waals surface area contributed by atoms with E-state index in [2.05, 4.69) is 20.7 Å². The van der Waals surface area contributed by atoms with Gasteiger partial charge in [0, 0.05) is 11.1 Å². The normalized spacial score (nSPS) is 10.9. The minimum atomic E-state index is -0.528. The Morgan fingerprint density at radius 1 is 1.33 bits per heavy atom. The van der Waals surface area contributed by atoms with Crippen LogP contribution in [0.15, 0.2) is 53.6 Å². The standard InChI is InChI=1S/C19H16ClFN4O2/c1-2-27-13-8-6-12(7-9-13)17-10-18(24-23-17)19(26)25-22-11-14-15(20)4-3-5-16(14)21/h3-11H,2H2,1H3,(H,23,24)(H,25,26)/b22-11-. The van der Waals surface area contributed by atoms with Crippen molar-refractivity contribution in [3.8, 4) is 17.0 Å². The van der Waals surface area contributed by atoms with Crippen LogP contribution in [0.1, 0.15) is 23.0 Å². The Hall–Kier alpha value is -3.19. The smallest absolute Gasteiger partial charge is 0.289 e. The molecule has 0 aliphatic carbocycles. The van der Waals surface area contributed by atoms with Gasteiger partial charge in [0.25, 0.3) is 5.91 Å². The second-order valence-electron chi connectivity index (χ2n) is 5.46. The van der Waals surface area contributed by atoms with Gasteiger partial charge in [0.2, 0.25) is 0 Å². The third-order valence-electron chi connectivity index (χ3n) is 3.64. The number of halogens is 2. The molecule has 0 unspecified atom stereocenters. The van der Waals surface area contributed by atoms with Gasteiger partial charge in [-0.2, -0.15) is 10.2 Å². The maximum Gasteiger partial charge on any atom is 0.289 e. The molecule has 0 atom stereocenters. The van der Waals surface area contributed by atoms with E-state index in [1.807, 2.05) is 31.2 Å². The molecule has 6 nitrogen and oxygen atoms in total. The van der Waals surface area contributed by atoms with E-state index in [4.69, 9.17) is 16.3 Å². The number of benzene rings is 2. The summed E-state index contributed by atoms with van der Waals surface area (Å²) in [4.78, 5) is 12.1. The highest BCUT2D eigenvalue weighted by molar-refractivity contribution is 6.33. The first-order valence-corrected chi connectivity index (χ1v) is 8.52. The minimum Gasteiger partial charge on any atom is -0.494 e. The quantitative estimate of drug-likeness (QED) is 0.496. The molecule has 3 rings (SSSR count). The maximum atomic E-state index is 13.7. The second-order valence-corrected chi connectivity index (χ2v) is 5.87. The molecule has 1 amide bonds. The van der Waals surface area contributed by atoms with E-state index in [9.17, 15) is 9.18 Å². The number of nitrogens with zero attached hydrogens (tertiary/aromatic N) is 2. The molecule has 0 bridgehead atoms. The van der Waals surface area contributed by atoms with Crippen LogP contribution in [0, 0.1) is 5.82 Å². The van der Waals surface area contributed by atoms with E-state index in [1.165, 1.54) is 18.2 Å². The van der Waals surface area contributed by atoms with Crippen LogP contribution in [0.25, 0.3) is 11.3 Å². The largest absolute Gasteiger partial charge is 0.494 e. The number of hydrazone groups is 1. The van der Waals surface area contributed by atoms with Gasteiger partial charge in [-0.25, -0.2) is 9.82 Å². The van der Waals surface area contributed by atoms with Gasteiger partial charge in [0.15, 0.2) is 0 Å². The van der Waals surface area contributed by atoms with Crippen LogP contribution in [0.4, 0.5) is 4.39 Å². The highest BCUT2D eigenvalue weighted by atomic mass is 35.5. The summed E-state index contributed by atoms with van der Waals surface area (Å²) >= 11 is 5.89. The second kappa shape index (κ2) is 8.46. The Morgan fingerprint density at radius 2 is 2.11 bits per heavy atom. The predicted molar refractivity (Wildman–Crippen MR) is 102 cm³/mol. The van der Waals surface area contributed by atoms with Crippen LogP contribution in [-0.4, -0.2) is 28.9 Å². The van der Waals surface area contributed by atoms with Crippen molar-refractivity contribution in [3.63, 3.8) is 0 Å². The SMILES string of the molecule is CCOc1ccc(-c2cc(C(=O)N/N=C\c3c(F)cccc3Cl)[nH]n2)cc1. The lowest BCUT2D eigenvalue weighted by Gasteiger charge is -2.02. The Labute approximate surface area is 160 Å². The molecule has 0 radical (unpaired) electrons. The van der Waals surface area contributed by atoms with Crippen LogP contribution in [0.5, 0.6) is 5.75 Å². The lowest BCUT2D eigenvalue weighted by molar-refractivity contribution is 0.0950. The van der Waals surface area contributed by atoms with Crippen molar-refractivity contribution in [2.45, 2.75) is 6.92 Å². The first kappa shape index (κ1) is 18.6. The van der Waals surface area contributed by atoms with Gasteiger partial charge in [-0.3, -0.25) is 9.89 Å². The average molecular weight is 387 g/mol. The lowest BCUT2D eigenvalue weighted by Crippen LogP contribution is -2.18. The fourth-order valence-electron chi connectivity index (χ4n) is 2.32. The summed E-state index contributed by atoms with van der Waals surface area (Å²) < 4.78 is 19.0. The number of aromatic amines is 1. The van der Waals surface area contributed by atoms with E-state index in [0.717, 1.165) is 17.5 Å². The summed E-state index contributed by atoms with van der Waals surface area (Å²) in [6.45, 7) is 2.50. The summed E-state index contributed by atoms with van der Waals surface area (Å²) in [5.74, 6) is -0.279. The van der Waals surface area contributed by atoms with Gasteiger partial charge < -0.3 is 4.74 Å². The van der Waals surface area contributed by atoms with Crippen LogP contribution in [-0.2, 0) is 0 Å². The molecule has 0 fully saturated rings. The Morgan fingerprint density at radius 3 is 2.81 bits per heavy atom. The Bertz CT molecular complexity index is 950. The van der Waals surface area contributed by atoms with Gasteiger partial charge in [0.05, 0.1) is 23.5 Å². The van der Waals surface area contributed by atoms with Crippen molar-refractivity contribution in [2.75, 3.05) is 6.61 Å². The summed E-state index contributed by atoms with van der Waals surface area (Å²) in [6.07, 6.45) is 1.15. The molecule has 1 aromatic heterocycles. The zero-order valence-electron chi connectivity index (χ0n) is 14.4. The highest BCUT2D eigenvalue weighted by Gasteiger charge is 2.11. The van der Waals surface area contributed by atoms with Gasteiger partial charge in [0.1, 0.15) is 17.3 Å². The number of hydrogen-bond donors (Lipinski definition) is 2. The predicted octanol–water partition coefficient (Wildman–Crippen LogP) is 4.03. The van der Waals surface area contributed by atoms with Gasteiger partial charge >= 0.3 is 0 Å². The zero-order chi connectivity index (χ0) is 19.2. The van der Waals surface area contributed by atoms with Crippen LogP contribution < -0.4 is 10.2 Å². The van der Waals surface area contributed by atoms with Crippen molar-refractivity contribution in [2.24, 2.45) is 5.10 Å². The highest BCUT2D eigenvalue weighted by Crippen LogP contribution is 2.21. The fourth-order valence-corrected chi connectivity index (χ4v) is 2.54. The topological polar surface area (TPSA) is 79.4 Å². The number of carbonyl (C=O) groups excluding carboxylic acids is 1. The third kappa shape index (κ3) is 4.51. The summed E-state index contributed by atoms with van der Waals surface area (Å²) in [6, 6.07) is 13.2. The molecule has 0 spiro atoms. The third-order valence-corrected chi connectivity index (χ3v) is 3.97. The molecule has 138 valence electrons. The lowest BCUT2D eigenvalue weighted by atomic mass is 10.1. The molecule has 8 heteroatoms. The van der Waals surface area contributed by atoms with Gasteiger partial charge in [-0.15, -0.1) is 0 Å². The van der Waals surface area contributed by atoms with Crippen LogP contribution in [0.2, 0.25) is 5.02 Å². The summed E-state index contributed by atoms with van der Waals surface area (Å²) in [5.41, 5.74) is 4.05. The molecule has 0 saturated carbocycles. The fraction of sp³-hybridized carbons (Fsp3) is 0.105. The molecule has 3 aromatic rings. The summed E-state index contributed by atoms with van der Waals surface area (Å²) in [7, 11) is 0. The molecule has 2 aromatic carbocycles. The number of rotatable bonds is 6. The van der Waals surface area contributed by atoms with Crippen molar-refractivity contribution < 1.29 is 13.9 Å². The molecule has 27 heavy (non-hydrogen) atoms. The van der Waals surface area contributed by atoms with Crippen molar-refractivity contribution in [1.29, 1.82) is 0 Å². The molecule has 2 N–H and O–H groups in total. The van der Waals surface area contributed by atoms with E-state index < -0.39 is 11.7 Å². The number of H-pyrrole nitrogens is 1. The number of carbonyl (C=O) groups is 1. The molecular formula is C19H16ClFN4O2. The molecular weight excluding hydrogens is 371 g/mol. The molecule has 1 heterocycles. The number of hydrogen-bond acceptors (Lipinski definition) is 4. The van der Waals surface area contributed by atoms with Crippen LogP contribution in [0.3, 0.4) is 0 Å². The molecule has 0 aliphatic rings. The Kier molecular flexibility index (Phi) is 5.83. The van der Waals surface area contributed by atoms with Crippen molar-refractivity contribution in [3.05, 3.63) is 70.6 Å². The van der Waals surface area contributed by atoms with E-state index in [0.29, 0.717) is 12.3 Å². The maximum absolute atomic E-state index is 13.7. The van der Waals surface area contributed by atoms with E-state index >= 15 is 0 Å². The van der Waals surface area contributed by atoms with E-state index in [-0.39, 0.29) is 16.3 Å². The number of aromatic nitrogens is 2. The van der Waals surface area contributed by atoms with Crippen molar-refractivity contribution >= 4 is 23.7 Å². The van der Waals surface area contributed by atoms with Gasteiger partial charge in [-0.05, 0) is 49.4 Å². The Balaban J connectivity index is 1.67. The summed E-state index contributed by atoms with van der Waals surface area (Å²) in [5, 5.41) is 10.7. The zero-order valence-corrected chi connectivity index (χ0v) is 15.1. The minimum absolute atomic E-state index is 0.0964. The molecule has 0 saturated heterocycles. The first-order chi connectivity index (χ1) is 13.1.